The number of nitrogens with one attached hydrogen (secondary N) is 1. The molecule has 0 radical (unpaired) electrons. The van der Waals surface area contributed by atoms with Gasteiger partial charge in [-0.05, 0) is 32.4 Å². The van der Waals surface area contributed by atoms with E-state index in [0.29, 0.717) is 22.4 Å². The number of aromatic nitrogens is 7. The van der Waals surface area contributed by atoms with Crippen LogP contribution in [0.3, 0.4) is 0 Å². The Bertz CT molecular complexity index is 1770. The van der Waals surface area contributed by atoms with Crippen LogP contribution in [0.5, 0.6) is 0 Å². The van der Waals surface area contributed by atoms with E-state index in [2.05, 4.69) is 20.1 Å². The number of benzene rings is 1. The Morgan fingerprint density at radius 3 is 2.58 bits per heavy atom. The monoisotopic (exact) mass is 524 g/mol. The number of alkyl halides is 3. The molecule has 0 aliphatic rings. The van der Waals surface area contributed by atoms with Crippen molar-refractivity contribution in [3.8, 4) is 17.1 Å². The Morgan fingerprint density at radius 1 is 1.11 bits per heavy atom. The molecule has 1 aromatic carbocycles. The van der Waals surface area contributed by atoms with Crippen molar-refractivity contribution in [1.29, 1.82) is 0 Å². The van der Waals surface area contributed by atoms with Crippen LogP contribution >= 0.6 is 0 Å². The molecule has 0 spiro atoms. The van der Waals surface area contributed by atoms with Gasteiger partial charge in [0.2, 0.25) is 5.91 Å². The van der Waals surface area contributed by atoms with E-state index in [1.807, 2.05) is 12.4 Å². The van der Waals surface area contributed by atoms with Crippen LogP contribution < -0.4 is 11.0 Å². The van der Waals surface area contributed by atoms with Crippen LogP contribution in [0, 0.1) is 13.8 Å². The Balaban J connectivity index is 1.60. The summed E-state index contributed by atoms with van der Waals surface area (Å²) in [6, 6.07) is 3.07. The molecule has 10 nitrogen and oxygen atoms in total. The van der Waals surface area contributed by atoms with Crippen molar-refractivity contribution in [3.63, 3.8) is 0 Å². The second kappa shape index (κ2) is 9.08. The van der Waals surface area contributed by atoms with Crippen molar-refractivity contribution in [1.82, 2.24) is 39.2 Å². The van der Waals surface area contributed by atoms with Crippen molar-refractivity contribution in [3.05, 3.63) is 64.7 Å². The summed E-state index contributed by atoms with van der Waals surface area (Å²) in [7, 11) is 1.81. The largest absolute Gasteiger partial charge is 0.408 e. The standard InChI is InChI=1S/C25H23F3N8O2/c1-13-6-5-7-18-23(13)36(24(38)35(18)12-21(37)33-15(3)25(26,27)28)20-11-30-22(14(2)32-20)17-8-29-10-19-16(17)9-31-34(19)4/h5-11,15H,12H2,1-4H3,(H,33,37). The molecule has 4 aromatic heterocycles. The van der Waals surface area contributed by atoms with Gasteiger partial charge < -0.3 is 5.32 Å². The number of pyridine rings is 1. The van der Waals surface area contributed by atoms with Gasteiger partial charge in [0.05, 0.1) is 46.5 Å². The third kappa shape index (κ3) is 4.19. The lowest BCUT2D eigenvalue weighted by molar-refractivity contribution is -0.158. The lowest BCUT2D eigenvalue weighted by atomic mass is 10.1. The predicted octanol–water partition coefficient (Wildman–Crippen LogP) is 3.21. The molecule has 1 atom stereocenters. The molecule has 1 amide bonds. The van der Waals surface area contributed by atoms with Crippen LogP contribution in [-0.2, 0) is 18.4 Å². The third-order valence-corrected chi connectivity index (χ3v) is 6.42. The Morgan fingerprint density at radius 2 is 1.87 bits per heavy atom. The molecular formula is C25H23F3N8O2. The first-order valence-corrected chi connectivity index (χ1v) is 11.6. The molecule has 0 saturated heterocycles. The number of carbonyl (C=O) groups excluding carboxylic acids is 1. The predicted molar refractivity (Wildman–Crippen MR) is 134 cm³/mol. The Labute approximate surface area is 213 Å². The molecule has 0 bridgehead atoms. The molecule has 0 fully saturated rings. The number of hydrogen-bond donors (Lipinski definition) is 1. The lowest BCUT2D eigenvalue weighted by Gasteiger charge is -2.17. The zero-order chi connectivity index (χ0) is 27.4. The third-order valence-electron chi connectivity index (χ3n) is 6.42. The van der Waals surface area contributed by atoms with E-state index in [0.717, 1.165) is 33.5 Å². The van der Waals surface area contributed by atoms with Gasteiger partial charge >= 0.3 is 11.9 Å². The minimum atomic E-state index is -4.60. The van der Waals surface area contributed by atoms with Gasteiger partial charge in [-0.25, -0.2) is 14.3 Å². The van der Waals surface area contributed by atoms with E-state index >= 15 is 0 Å². The molecule has 5 rings (SSSR count). The molecule has 0 aliphatic heterocycles. The Hall–Kier alpha value is -4.55. The van der Waals surface area contributed by atoms with Gasteiger partial charge in [-0.1, -0.05) is 12.1 Å². The van der Waals surface area contributed by atoms with E-state index in [4.69, 9.17) is 0 Å². The SMILES string of the molecule is Cc1nc(-n2c(=O)n(CC(=O)NC(C)C(F)(F)F)c3cccc(C)c32)cnc1-c1cncc2c1cnn2C. The number of fused-ring (bicyclic) bond motifs is 2. The second-order valence-electron chi connectivity index (χ2n) is 9.03. The fraction of sp³-hybridized carbons (Fsp3) is 0.280. The molecule has 196 valence electrons. The molecule has 4 heterocycles. The summed E-state index contributed by atoms with van der Waals surface area (Å²) in [6.07, 6.45) is 1.93. The molecular weight excluding hydrogens is 501 g/mol. The number of nitrogens with zero attached hydrogens (tertiary/aromatic N) is 7. The van der Waals surface area contributed by atoms with Gasteiger partial charge in [0.1, 0.15) is 12.6 Å². The maximum absolute atomic E-state index is 13.5. The van der Waals surface area contributed by atoms with E-state index in [1.54, 1.807) is 55.3 Å². The Kier molecular flexibility index (Phi) is 6.00. The van der Waals surface area contributed by atoms with Gasteiger partial charge in [0.15, 0.2) is 5.82 Å². The van der Waals surface area contributed by atoms with Gasteiger partial charge in [0.25, 0.3) is 0 Å². The first kappa shape index (κ1) is 25.1. The number of para-hydroxylation sites is 1. The topological polar surface area (TPSA) is 113 Å². The minimum absolute atomic E-state index is 0.213. The minimum Gasteiger partial charge on any atom is -0.343 e. The smallest absolute Gasteiger partial charge is 0.343 e. The summed E-state index contributed by atoms with van der Waals surface area (Å²) in [5.74, 6) is -0.725. The van der Waals surface area contributed by atoms with Crippen LogP contribution in [0.1, 0.15) is 18.2 Å². The van der Waals surface area contributed by atoms with Gasteiger partial charge in [-0.2, -0.15) is 18.3 Å². The molecule has 1 unspecified atom stereocenters. The maximum Gasteiger partial charge on any atom is 0.408 e. The number of aryl methyl sites for hydroxylation is 3. The van der Waals surface area contributed by atoms with E-state index in [-0.39, 0.29) is 5.82 Å². The van der Waals surface area contributed by atoms with Crippen molar-refractivity contribution >= 4 is 27.8 Å². The van der Waals surface area contributed by atoms with Crippen LogP contribution in [0.2, 0.25) is 0 Å². The van der Waals surface area contributed by atoms with E-state index < -0.39 is 30.4 Å². The summed E-state index contributed by atoms with van der Waals surface area (Å²) in [4.78, 5) is 39.5. The van der Waals surface area contributed by atoms with Crippen molar-refractivity contribution in [2.75, 3.05) is 0 Å². The van der Waals surface area contributed by atoms with Gasteiger partial charge in [0, 0.05) is 24.2 Å². The summed E-state index contributed by atoms with van der Waals surface area (Å²) in [5.41, 5.74) is 3.60. The normalized spacial score (nSPS) is 12.8. The number of imidazole rings is 1. The average Bonchev–Trinajstić information content (AvgIpc) is 3.37. The summed E-state index contributed by atoms with van der Waals surface area (Å²) in [6.45, 7) is 3.79. The lowest BCUT2D eigenvalue weighted by Crippen LogP contribution is -2.45. The van der Waals surface area contributed by atoms with E-state index in [1.165, 1.54) is 10.8 Å². The molecule has 5 aromatic rings. The maximum atomic E-state index is 13.5. The van der Waals surface area contributed by atoms with Crippen molar-refractivity contribution in [2.24, 2.45) is 7.05 Å². The molecule has 1 N–H and O–H groups in total. The molecule has 13 heteroatoms. The zero-order valence-corrected chi connectivity index (χ0v) is 20.9. The van der Waals surface area contributed by atoms with Gasteiger partial charge in [-0.3, -0.25) is 24.0 Å². The van der Waals surface area contributed by atoms with E-state index in [9.17, 15) is 22.8 Å². The fourth-order valence-corrected chi connectivity index (χ4v) is 4.44. The van der Waals surface area contributed by atoms with Crippen molar-refractivity contribution in [2.45, 2.75) is 39.5 Å². The highest BCUT2D eigenvalue weighted by molar-refractivity contribution is 5.93. The number of carbonyl (C=O) groups is 1. The highest BCUT2D eigenvalue weighted by Crippen LogP contribution is 2.28. The van der Waals surface area contributed by atoms with Gasteiger partial charge in [-0.15, -0.1) is 0 Å². The summed E-state index contributed by atoms with van der Waals surface area (Å²) < 4.78 is 42.9. The number of hydrogen-bond acceptors (Lipinski definition) is 6. The second-order valence-corrected chi connectivity index (χ2v) is 9.03. The van der Waals surface area contributed by atoms with Crippen LogP contribution in [0.25, 0.3) is 39.0 Å². The highest BCUT2D eigenvalue weighted by atomic mass is 19.4. The number of rotatable bonds is 5. The summed E-state index contributed by atoms with van der Waals surface area (Å²) in [5, 5.41) is 7.02. The average molecular weight is 525 g/mol. The molecule has 38 heavy (non-hydrogen) atoms. The zero-order valence-electron chi connectivity index (χ0n) is 20.9. The number of amides is 1. The quantitative estimate of drug-likeness (QED) is 0.378. The number of halogens is 3. The van der Waals surface area contributed by atoms with Crippen molar-refractivity contribution < 1.29 is 18.0 Å². The highest BCUT2D eigenvalue weighted by Gasteiger charge is 2.37. The fourth-order valence-electron chi connectivity index (χ4n) is 4.44. The molecule has 0 saturated carbocycles. The van der Waals surface area contributed by atoms with Crippen LogP contribution in [0.4, 0.5) is 13.2 Å². The van der Waals surface area contributed by atoms with Crippen LogP contribution in [-0.4, -0.2) is 52.0 Å². The first-order valence-electron chi connectivity index (χ1n) is 11.6. The first-order chi connectivity index (χ1) is 18.0. The molecule has 0 aliphatic carbocycles. The summed E-state index contributed by atoms with van der Waals surface area (Å²) >= 11 is 0. The van der Waals surface area contributed by atoms with Crippen LogP contribution in [0.15, 0.2) is 47.8 Å².